The Hall–Kier alpha value is -1.34. The molecule has 0 spiro atoms. The van der Waals surface area contributed by atoms with Gasteiger partial charge in [0.25, 0.3) is 5.69 Å². The fraction of sp³-hybridized carbons (Fsp3) is 0.538. The van der Waals surface area contributed by atoms with Crippen LogP contribution in [0.3, 0.4) is 0 Å². The Morgan fingerprint density at radius 2 is 1.86 bits per heavy atom. The number of nitro groups is 1. The number of hydrogen-bond acceptors (Lipinski definition) is 5. The molecule has 0 fully saturated rings. The molecule has 0 atom stereocenters. The van der Waals surface area contributed by atoms with Gasteiger partial charge in [0.05, 0.1) is 23.3 Å². The highest BCUT2D eigenvalue weighted by Crippen LogP contribution is 2.28. The molecular weight excluding hydrogens is 318 g/mol. The van der Waals surface area contributed by atoms with Crippen molar-refractivity contribution in [3.05, 3.63) is 33.4 Å². The Bertz CT molecular complexity index is 615. The number of ether oxygens (including phenoxy) is 1. The summed E-state index contributed by atoms with van der Waals surface area (Å²) < 4.78 is 27.0. The van der Waals surface area contributed by atoms with Gasteiger partial charge in [-0.1, -0.05) is 0 Å². The number of rotatable bonds is 8. The lowest BCUT2D eigenvalue weighted by molar-refractivity contribution is -0.385. The molecule has 0 N–H and O–H groups in total. The Labute approximate surface area is 128 Å². The van der Waals surface area contributed by atoms with E-state index in [0.717, 1.165) is 5.56 Å². The van der Waals surface area contributed by atoms with E-state index >= 15 is 0 Å². The van der Waals surface area contributed by atoms with Crippen molar-refractivity contribution in [3.63, 3.8) is 0 Å². The van der Waals surface area contributed by atoms with Crippen molar-refractivity contribution in [2.45, 2.75) is 33.1 Å². The van der Waals surface area contributed by atoms with Crippen molar-refractivity contribution >= 4 is 25.4 Å². The summed E-state index contributed by atoms with van der Waals surface area (Å²) in [6, 6.07) is 3.14. The van der Waals surface area contributed by atoms with Crippen LogP contribution in [-0.2, 0) is 9.05 Å². The molecule has 0 aliphatic heterocycles. The van der Waals surface area contributed by atoms with Crippen LogP contribution < -0.4 is 4.74 Å². The second-order valence-corrected chi connectivity index (χ2v) is 7.71. The van der Waals surface area contributed by atoms with Crippen LogP contribution in [0.5, 0.6) is 5.75 Å². The predicted molar refractivity (Wildman–Crippen MR) is 81.6 cm³/mol. The minimum absolute atomic E-state index is 0.0313. The molecule has 1 aromatic rings. The lowest BCUT2D eigenvalue weighted by Gasteiger charge is -2.10. The average molecular weight is 336 g/mol. The molecule has 8 heteroatoms. The van der Waals surface area contributed by atoms with Crippen LogP contribution >= 0.6 is 10.7 Å². The van der Waals surface area contributed by atoms with E-state index in [9.17, 15) is 18.5 Å². The minimum Gasteiger partial charge on any atom is -0.493 e. The SMILES string of the molecule is Cc1cc(C)c([N+](=O)[O-])cc1OCCCCCS(=O)(=O)Cl. The van der Waals surface area contributed by atoms with E-state index in [-0.39, 0.29) is 11.4 Å². The molecule has 0 amide bonds. The number of nitrogens with zero attached hydrogens (tertiary/aromatic N) is 1. The fourth-order valence-corrected chi connectivity index (χ4v) is 2.79. The summed E-state index contributed by atoms with van der Waals surface area (Å²) in [5.74, 6) is 0.432. The maximum atomic E-state index is 10.9. The molecule has 0 aromatic heterocycles. The Balaban J connectivity index is 2.49. The van der Waals surface area contributed by atoms with Gasteiger partial charge >= 0.3 is 0 Å². The van der Waals surface area contributed by atoms with Gasteiger partial charge in [0, 0.05) is 16.2 Å². The minimum atomic E-state index is -3.43. The number of hydrogen-bond donors (Lipinski definition) is 0. The summed E-state index contributed by atoms with van der Waals surface area (Å²) in [6.45, 7) is 3.89. The monoisotopic (exact) mass is 335 g/mol. The standard InChI is InChI=1S/C13H18ClNO5S/c1-10-8-11(2)13(9-12(10)15(16)17)20-6-4-3-5-7-21(14,18)19/h8-9H,3-7H2,1-2H3. The van der Waals surface area contributed by atoms with Gasteiger partial charge in [0.1, 0.15) is 5.75 Å². The molecule has 0 saturated carbocycles. The van der Waals surface area contributed by atoms with E-state index in [0.29, 0.717) is 37.2 Å². The number of halogens is 1. The molecule has 6 nitrogen and oxygen atoms in total. The average Bonchev–Trinajstić information content (AvgIpc) is 2.33. The van der Waals surface area contributed by atoms with E-state index in [1.54, 1.807) is 13.0 Å². The van der Waals surface area contributed by atoms with Crippen molar-refractivity contribution in [2.75, 3.05) is 12.4 Å². The first-order valence-corrected chi connectivity index (χ1v) is 8.99. The van der Waals surface area contributed by atoms with Crippen molar-refractivity contribution < 1.29 is 18.1 Å². The quantitative estimate of drug-likeness (QED) is 0.315. The van der Waals surface area contributed by atoms with Gasteiger partial charge in [-0.05, 0) is 44.7 Å². The summed E-state index contributed by atoms with van der Waals surface area (Å²) in [5, 5.41) is 10.9. The third kappa shape index (κ3) is 6.31. The Kier molecular flexibility index (Phi) is 6.42. The molecule has 0 heterocycles. The van der Waals surface area contributed by atoms with Crippen LogP contribution in [0, 0.1) is 24.0 Å². The van der Waals surface area contributed by atoms with E-state index in [1.165, 1.54) is 6.07 Å². The largest absolute Gasteiger partial charge is 0.493 e. The summed E-state index contributed by atoms with van der Waals surface area (Å²) in [5.41, 5.74) is 1.46. The molecule has 21 heavy (non-hydrogen) atoms. The third-order valence-corrected chi connectivity index (χ3v) is 4.22. The number of nitro benzene ring substituents is 1. The molecular formula is C13H18ClNO5S. The Morgan fingerprint density at radius 3 is 2.43 bits per heavy atom. The van der Waals surface area contributed by atoms with Crippen LogP contribution in [-0.4, -0.2) is 25.7 Å². The lowest BCUT2D eigenvalue weighted by atomic mass is 10.1. The smallest absolute Gasteiger partial charge is 0.276 e. The number of unbranched alkanes of at least 4 members (excludes halogenated alkanes) is 2. The first kappa shape index (κ1) is 17.7. The van der Waals surface area contributed by atoms with Crippen LogP contribution in [0.15, 0.2) is 12.1 Å². The summed E-state index contributed by atoms with van der Waals surface area (Å²) in [7, 11) is 1.67. The fourth-order valence-electron chi connectivity index (χ4n) is 1.91. The highest BCUT2D eigenvalue weighted by molar-refractivity contribution is 8.13. The van der Waals surface area contributed by atoms with Gasteiger partial charge in [0.15, 0.2) is 0 Å². The van der Waals surface area contributed by atoms with Crippen LogP contribution in [0.2, 0.25) is 0 Å². The summed E-state index contributed by atoms with van der Waals surface area (Å²) >= 11 is 0. The summed E-state index contributed by atoms with van der Waals surface area (Å²) in [4.78, 5) is 10.4. The maximum Gasteiger partial charge on any atom is 0.276 e. The first-order chi connectivity index (χ1) is 9.70. The second-order valence-electron chi connectivity index (χ2n) is 4.81. The zero-order valence-electron chi connectivity index (χ0n) is 12.0. The molecule has 1 aromatic carbocycles. The number of benzene rings is 1. The van der Waals surface area contributed by atoms with Gasteiger partial charge in [-0.25, -0.2) is 8.42 Å². The topological polar surface area (TPSA) is 86.5 Å². The molecule has 118 valence electrons. The zero-order valence-corrected chi connectivity index (χ0v) is 13.5. The van der Waals surface area contributed by atoms with Crippen molar-refractivity contribution in [2.24, 2.45) is 0 Å². The zero-order chi connectivity index (χ0) is 16.0. The van der Waals surface area contributed by atoms with Gasteiger partial charge in [0.2, 0.25) is 9.05 Å². The van der Waals surface area contributed by atoms with Gasteiger partial charge < -0.3 is 4.74 Å². The molecule has 0 bridgehead atoms. The summed E-state index contributed by atoms with van der Waals surface area (Å²) in [6.07, 6.45) is 1.80. The highest BCUT2D eigenvalue weighted by Gasteiger charge is 2.14. The van der Waals surface area contributed by atoms with Crippen molar-refractivity contribution in [1.29, 1.82) is 0 Å². The van der Waals surface area contributed by atoms with Gasteiger partial charge in [-0.2, -0.15) is 0 Å². The molecule has 0 aliphatic carbocycles. The maximum absolute atomic E-state index is 10.9. The van der Waals surface area contributed by atoms with Gasteiger partial charge in [-0.3, -0.25) is 10.1 Å². The van der Waals surface area contributed by atoms with Crippen LogP contribution in [0.4, 0.5) is 5.69 Å². The van der Waals surface area contributed by atoms with Crippen molar-refractivity contribution in [1.82, 2.24) is 0 Å². The highest BCUT2D eigenvalue weighted by atomic mass is 35.7. The normalized spacial score (nSPS) is 11.4. The third-order valence-electron chi connectivity index (χ3n) is 2.98. The first-order valence-electron chi connectivity index (χ1n) is 6.51. The molecule has 0 unspecified atom stereocenters. The number of aryl methyl sites for hydroxylation is 2. The van der Waals surface area contributed by atoms with E-state index in [2.05, 4.69) is 0 Å². The van der Waals surface area contributed by atoms with Gasteiger partial charge in [-0.15, -0.1) is 0 Å². The Morgan fingerprint density at radius 1 is 1.19 bits per heavy atom. The van der Waals surface area contributed by atoms with E-state index in [1.807, 2.05) is 6.92 Å². The molecule has 1 rings (SSSR count). The van der Waals surface area contributed by atoms with Crippen LogP contribution in [0.1, 0.15) is 30.4 Å². The van der Waals surface area contributed by atoms with Crippen LogP contribution in [0.25, 0.3) is 0 Å². The van der Waals surface area contributed by atoms with Crippen molar-refractivity contribution in [3.8, 4) is 5.75 Å². The van der Waals surface area contributed by atoms with E-state index in [4.69, 9.17) is 15.4 Å². The predicted octanol–water partition coefficient (Wildman–Crippen LogP) is 3.33. The van der Waals surface area contributed by atoms with E-state index < -0.39 is 14.0 Å². The second kappa shape index (κ2) is 7.61. The molecule has 0 radical (unpaired) electrons. The molecule has 0 saturated heterocycles. The lowest BCUT2D eigenvalue weighted by Crippen LogP contribution is -2.02. The molecule has 0 aliphatic rings.